The number of aliphatic hydroxyl groups is 1. The number of benzene rings is 2. The number of hydrogen-bond acceptors (Lipinski definition) is 8. The van der Waals surface area contributed by atoms with Crippen molar-refractivity contribution < 1.29 is 28.6 Å². The van der Waals surface area contributed by atoms with E-state index in [1.165, 1.54) is 31.0 Å². The van der Waals surface area contributed by atoms with Crippen LogP contribution in [-0.2, 0) is 22.4 Å². The molecule has 5 rings (SSSR count). The lowest BCUT2D eigenvalue weighted by atomic mass is 10.1. The van der Waals surface area contributed by atoms with E-state index in [2.05, 4.69) is 15.6 Å². The van der Waals surface area contributed by atoms with Crippen molar-refractivity contribution in [2.24, 2.45) is 0 Å². The summed E-state index contributed by atoms with van der Waals surface area (Å²) < 4.78 is 26.1. The summed E-state index contributed by atoms with van der Waals surface area (Å²) in [5.74, 6) is -0.0474. The molecule has 0 radical (unpaired) electrons. The molecule has 12 heteroatoms. The van der Waals surface area contributed by atoms with Crippen LogP contribution in [0, 0.1) is 5.82 Å². The van der Waals surface area contributed by atoms with Gasteiger partial charge in [-0.1, -0.05) is 18.2 Å². The number of aliphatic hydroxyl groups excluding tert-OH is 1. The number of likely N-dealkylation sites (tertiary alicyclic amines) is 1. The number of nitrogens with zero attached hydrogens (tertiary/aromatic N) is 2. The van der Waals surface area contributed by atoms with Crippen molar-refractivity contribution in [1.82, 2.24) is 15.2 Å². The Morgan fingerprint density at radius 1 is 1.18 bits per heavy atom. The highest BCUT2D eigenvalue weighted by Crippen LogP contribution is 2.44. The van der Waals surface area contributed by atoms with E-state index in [4.69, 9.17) is 21.7 Å². The minimum absolute atomic E-state index is 0.0127. The van der Waals surface area contributed by atoms with E-state index in [1.54, 1.807) is 35.4 Å². The third kappa shape index (κ3) is 6.13. The minimum Gasteiger partial charge on any atom is -0.496 e. The highest BCUT2D eigenvalue weighted by molar-refractivity contribution is 8.01. The van der Waals surface area contributed by atoms with E-state index >= 15 is 0 Å². The summed E-state index contributed by atoms with van der Waals surface area (Å²) in [6.45, 7) is 0.674. The van der Waals surface area contributed by atoms with Crippen molar-refractivity contribution in [3.8, 4) is 17.2 Å². The lowest BCUT2D eigenvalue weighted by molar-refractivity contribution is -0.140. The molecule has 202 valence electrons. The number of carbonyl (C=O) groups is 2. The third-order valence-electron chi connectivity index (χ3n) is 6.24. The zero-order chi connectivity index (χ0) is 27.5. The molecular weight excluding hydrogens is 543 g/mol. The summed E-state index contributed by atoms with van der Waals surface area (Å²) in [6.07, 6.45) is 1.60. The fourth-order valence-corrected chi connectivity index (χ4v) is 5.80. The number of amides is 2. The summed E-state index contributed by atoms with van der Waals surface area (Å²) in [6, 6.07) is 13.0. The number of hydrogen-bond donors (Lipinski definition) is 3. The van der Waals surface area contributed by atoms with Gasteiger partial charge in [0.1, 0.15) is 11.5 Å². The molecule has 0 bridgehead atoms. The van der Waals surface area contributed by atoms with Gasteiger partial charge in [-0.05, 0) is 30.4 Å². The Bertz CT molecular complexity index is 1430. The van der Waals surface area contributed by atoms with Crippen molar-refractivity contribution in [3.63, 3.8) is 0 Å². The number of aromatic nitrogens is 1. The van der Waals surface area contributed by atoms with E-state index in [1.807, 2.05) is 12.1 Å². The zero-order valence-corrected chi connectivity index (χ0v) is 22.5. The van der Waals surface area contributed by atoms with E-state index in [0.29, 0.717) is 52.8 Å². The number of ether oxygens (including phenoxy) is 2. The second-order valence-corrected chi connectivity index (χ2v) is 10.7. The van der Waals surface area contributed by atoms with Crippen LogP contribution in [0.2, 0.25) is 0 Å². The first-order chi connectivity index (χ1) is 18.8. The Hall–Kier alpha value is -3.74. The van der Waals surface area contributed by atoms with E-state index in [0.717, 1.165) is 0 Å². The Balaban J connectivity index is 1.19. The summed E-state index contributed by atoms with van der Waals surface area (Å²) in [5, 5.41) is 14.5. The maximum atomic E-state index is 15.0. The molecule has 1 unspecified atom stereocenters. The first-order valence-electron chi connectivity index (χ1n) is 12.1. The van der Waals surface area contributed by atoms with Gasteiger partial charge in [-0.3, -0.25) is 14.6 Å². The van der Waals surface area contributed by atoms with Crippen molar-refractivity contribution in [2.75, 3.05) is 25.5 Å². The number of pyridine rings is 1. The fraction of sp³-hybridized carbons (Fsp3) is 0.259. The molecule has 39 heavy (non-hydrogen) atoms. The first-order valence-corrected chi connectivity index (χ1v) is 13.4. The Morgan fingerprint density at radius 3 is 2.72 bits per heavy atom. The van der Waals surface area contributed by atoms with Crippen molar-refractivity contribution in [2.45, 2.75) is 29.1 Å². The number of methoxy groups -OCH3 is 1. The van der Waals surface area contributed by atoms with Gasteiger partial charge in [0.05, 0.1) is 35.5 Å². The van der Waals surface area contributed by atoms with E-state index in [9.17, 15) is 19.1 Å². The lowest BCUT2D eigenvalue weighted by Gasteiger charge is -2.37. The maximum Gasteiger partial charge on any atom is 0.236 e. The number of thioether (sulfide) groups is 1. The van der Waals surface area contributed by atoms with Crippen LogP contribution >= 0.6 is 24.0 Å². The number of anilines is 1. The van der Waals surface area contributed by atoms with Gasteiger partial charge < -0.3 is 30.1 Å². The van der Waals surface area contributed by atoms with Crippen molar-refractivity contribution in [3.05, 3.63) is 71.8 Å². The average Bonchev–Trinajstić information content (AvgIpc) is 3.33. The van der Waals surface area contributed by atoms with Crippen molar-refractivity contribution >= 4 is 46.6 Å². The van der Waals surface area contributed by atoms with E-state index in [-0.39, 0.29) is 34.3 Å². The molecule has 3 heterocycles. The Labute approximate surface area is 233 Å². The molecule has 0 aliphatic carbocycles. The standard InChI is InChI=1S/C27H25FN4O5S2/c1-36-20-5-3-2-4-15(20)10-24(34)31-27(38)30-16-6-7-21(18(28)11-16)37-22-8-9-29-19-12-23(39-25(19)22)26(35)32-13-17(33)14-32/h2-9,11,17,23,33H,10,12-14H2,1H3,(H2,30,31,34,38). The van der Waals surface area contributed by atoms with Crippen LogP contribution in [-0.4, -0.2) is 63.5 Å². The number of nitrogens with one attached hydrogen (secondary N) is 2. The van der Waals surface area contributed by atoms with Gasteiger partial charge in [-0.2, -0.15) is 0 Å². The van der Waals surface area contributed by atoms with E-state index < -0.39 is 11.9 Å². The molecule has 1 atom stereocenters. The number of fused-ring (bicyclic) bond motifs is 1. The van der Waals surface area contributed by atoms with Crippen LogP contribution in [0.4, 0.5) is 10.1 Å². The molecular formula is C27H25FN4O5S2. The highest BCUT2D eigenvalue weighted by Gasteiger charge is 2.38. The number of β-amino-alcohol motifs (C(OH)–C–C–N with tert-alkyl or cyclic N) is 1. The highest BCUT2D eigenvalue weighted by atomic mass is 32.2. The van der Waals surface area contributed by atoms with Crippen LogP contribution in [0.15, 0.2) is 59.6 Å². The van der Waals surface area contributed by atoms with Gasteiger partial charge in [-0.15, -0.1) is 11.8 Å². The van der Waals surface area contributed by atoms with Crippen LogP contribution in [0.25, 0.3) is 0 Å². The second-order valence-electron chi connectivity index (χ2n) is 9.03. The molecule has 2 aromatic carbocycles. The van der Waals surface area contributed by atoms with Gasteiger partial charge in [0.2, 0.25) is 11.8 Å². The SMILES string of the molecule is COc1ccccc1CC(=O)NC(=S)Nc1ccc(Oc2ccnc3c2SC(C(=O)N2CC(O)C2)C3)c(F)c1. The van der Waals surface area contributed by atoms with Gasteiger partial charge >= 0.3 is 0 Å². The van der Waals surface area contributed by atoms with Gasteiger partial charge in [0.15, 0.2) is 16.7 Å². The zero-order valence-electron chi connectivity index (χ0n) is 20.8. The molecule has 1 saturated heterocycles. The number of rotatable bonds is 7. The number of thiocarbonyl (C=S) groups is 1. The number of halogens is 1. The average molecular weight is 569 g/mol. The molecule has 0 saturated carbocycles. The predicted octanol–water partition coefficient (Wildman–Crippen LogP) is 3.30. The Morgan fingerprint density at radius 2 is 1.97 bits per heavy atom. The molecule has 1 fully saturated rings. The fourth-order valence-electron chi connectivity index (χ4n) is 4.29. The van der Waals surface area contributed by atoms with Gasteiger partial charge in [0.25, 0.3) is 0 Å². The molecule has 2 amide bonds. The summed E-state index contributed by atoms with van der Waals surface area (Å²) in [4.78, 5) is 31.8. The van der Waals surface area contributed by atoms with Crippen LogP contribution in [0.1, 0.15) is 11.3 Å². The smallest absolute Gasteiger partial charge is 0.236 e. The lowest BCUT2D eigenvalue weighted by Crippen LogP contribution is -2.55. The summed E-state index contributed by atoms with van der Waals surface area (Å²) >= 11 is 6.55. The normalized spacial score (nSPS) is 16.2. The third-order valence-corrected chi connectivity index (χ3v) is 7.77. The van der Waals surface area contributed by atoms with Crippen LogP contribution in [0.3, 0.4) is 0 Å². The number of para-hydroxylation sites is 1. The molecule has 2 aliphatic heterocycles. The summed E-state index contributed by atoms with van der Waals surface area (Å²) in [7, 11) is 1.53. The minimum atomic E-state index is -0.640. The molecule has 3 N–H and O–H groups in total. The molecule has 3 aromatic rings. The predicted molar refractivity (Wildman–Crippen MR) is 148 cm³/mol. The molecule has 2 aliphatic rings. The molecule has 0 spiro atoms. The van der Waals surface area contributed by atoms with Gasteiger partial charge in [0, 0.05) is 49.1 Å². The van der Waals surface area contributed by atoms with Crippen LogP contribution < -0.4 is 20.1 Å². The summed E-state index contributed by atoms with van der Waals surface area (Å²) in [5.41, 5.74) is 1.76. The maximum absolute atomic E-state index is 15.0. The second kappa shape index (κ2) is 11.6. The van der Waals surface area contributed by atoms with Crippen LogP contribution in [0.5, 0.6) is 17.2 Å². The van der Waals surface area contributed by atoms with Crippen molar-refractivity contribution in [1.29, 1.82) is 0 Å². The number of carbonyl (C=O) groups excluding carboxylic acids is 2. The topological polar surface area (TPSA) is 113 Å². The monoisotopic (exact) mass is 568 g/mol. The van der Waals surface area contributed by atoms with Gasteiger partial charge in [-0.25, -0.2) is 4.39 Å². The quantitative estimate of drug-likeness (QED) is 0.370. The Kier molecular flexibility index (Phi) is 7.96. The largest absolute Gasteiger partial charge is 0.496 e. The molecule has 1 aromatic heterocycles. The first kappa shape index (κ1) is 26.9. The molecule has 9 nitrogen and oxygen atoms in total.